The van der Waals surface area contributed by atoms with Crippen molar-refractivity contribution in [3.8, 4) is 11.3 Å². The first-order valence-corrected chi connectivity index (χ1v) is 8.37. The second-order valence-electron chi connectivity index (χ2n) is 5.95. The third kappa shape index (κ3) is 4.22. The lowest BCUT2D eigenvalue weighted by Crippen LogP contribution is -2.37. The summed E-state index contributed by atoms with van der Waals surface area (Å²) in [6.07, 6.45) is 0.294. The number of carbonyl (C=O) groups excluding carboxylic acids is 1. The minimum atomic E-state index is -0.728. The summed E-state index contributed by atoms with van der Waals surface area (Å²) in [5.41, 5.74) is 1.91. The number of aliphatic hydroxyl groups excluding tert-OH is 1. The summed E-state index contributed by atoms with van der Waals surface area (Å²) in [4.78, 5) is 14.5. The number of aliphatic hydroxyl groups is 1. The molecule has 5 nitrogen and oxygen atoms in total. The maximum Gasteiger partial charge on any atom is 0.314 e. The minimum absolute atomic E-state index is 0.121. The molecule has 1 heterocycles. The Morgan fingerprint density at radius 3 is 2.41 bits per heavy atom. The zero-order chi connectivity index (χ0) is 19.4. The first kappa shape index (κ1) is 18.8. The Morgan fingerprint density at radius 2 is 1.70 bits per heavy atom. The molecule has 27 heavy (non-hydrogen) atoms. The van der Waals surface area contributed by atoms with Crippen LogP contribution in [-0.2, 0) is 6.42 Å². The standard InChI is InChI=1S/C19H18F3N3O2/c20-12-3-1-11(2-4-12)17-14(5-6-23-19(27)24-7-8-26)15-9-13(21)10-16(22)18(15)25-17/h1-4,9-10,25-26H,5-8H2,(H2,23,24,27). The molecule has 0 radical (unpaired) electrons. The molecule has 0 saturated carbocycles. The number of fused-ring (bicyclic) bond motifs is 1. The number of halogens is 3. The number of amides is 2. The van der Waals surface area contributed by atoms with Gasteiger partial charge in [-0.1, -0.05) is 0 Å². The Morgan fingerprint density at radius 1 is 1.00 bits per heavy atom. The number of urea groups is 1. The molecule has 2 amide bonds. The van der Waals surface area contributed by atoms with Crippen molar-refractivity contribution in [2.45, 2.75) is 6.42 Å². The van der Waals surface area contributed by atoms with E-state index < -0.39 is 23.5 Å². The summed E-state index contributed by atoms with van der Waals surface area (Å²) < 4.78 is 41.1. The van der Waals surface area contributed by atoms with Crippen LogP contribution in [-0.4, -0.2) is 35.8 Å². The number of rotatable bonds is 6. The number of H-pyrrole nitrogens is 1. The van der Waals surface area contributed by atoms with E-state index in [4.69, 9.17) is 5.11 Å². The number of carbonyl (C=O) groups is 1. The topological polar surface area (TPSA) is 77.2 Å². The van der Waals surface area contributed by atoms with Crippen molar-refractivity contribution in [2.75, 3.05) is 19.7 Å². The largest absolute Gasteiger partial charge is 0.395 e. The summed E-state index contributed by atoms with van der Waals surface area (Å²) in [7, 11) is 0. The maximum absolute atomic E-state index is 14.2. The number of aromatic amines is 1. The molecular weight excluding hydrogens is 359 g/mol. The molecule has 1 aromatic heterocycles. The first-order valence-electron chi connectivity index (χ1n) is 8.37. The highest BCUT2D eigenvalue weighted by Gasteiger charge is 2.17. The molecule has 0 fully saturated rings. The molecule has 142 valence electrons. The van der Waals surface area contributed by atoms with Gasteiger partial charge < -0.3 is 20.7 Å². The van der Waals surface area contributed by atoms with Gasteiger partial charge in [-0.3, -0.25) is 0 Å². The summed E-state index contributed by atoms with van der Waals surface area (Å²) in [6.45, 7) is 0.149. The van der Waals surface area contributed by atoms with Crippen molar-refractivity contribution in [2.24, 2.45) is 0 Å². The monoisotopic (exact) mass is 377 g/mol. The smallest absolute Gasteiger partial charge is 0.314 e. The third-order valence-electron chi connectivity index (χ3n) is 4.12. The quantitative estimate of drug-likeness (QED) is 0.533. The Hall–Kier alpha value is -3.00. The lowest BCUT2D eigenvalue weighted by Gasteiger charge is -2.08. The van der Waals surface area contributed by atoms with E-state index in [9.17, 15) is 18.0 Å². The number of hydrogen-bond acceptors (Lipinski definition) is 2. The highest BCUT2D eigenvalue weighted by molar-refractivity contribution is 5.91. The lowest BCUT2D eigenvalue weighted by atomic mass is 10.0. The predicted molar refractivity (Wildman–Crippen MR) is 95.8 cm³/mol. The Bertz CT molecular complexity index is 955. The van der Waals surface area contributed by atoms with Gasteiger partial charge in [0.25, 0.3) is 0 Å². The summed E-state index contributed by atoms with van der Waals surface area (Å²) in [5, 5.41) is 14.1. The van der Waals surface area contributed by atoms with E-state index >= 15 is 0 Å². The van der Waals surface area contributed by atoms with Crippen LogP contribution in [0.15, 0.2) is 36.4 Å². The van der Waals surface area contributed by atoms with Crippen molar-refractivity contribution in [3.05, 3.63) is 59.4 Å². The van der Waals surface area contributed by atoms with Crippen LogP contribution in [0.4, 0.5) is 18.0 Å². The number of aromatic nitrogens is 1. The molecule has 0 aliphatic heterocycles. The average Bonchev–Trinajstić information content (AvgIpc) is 2.99. The van der Waals surface area contributed by atoms with Crippen LogP contribution in [0, 0.1) is 17.5 Å². The van der Waals surface area contributed by atoms with E-state index in [2.05, 4.69) is 15.6 Å². The SMILES string of the molecule is O=C(NCCO)NCCc1c(-c2ccc(F)cc2)[nH]c2c(F)cc(F)cc12. The molecule has 4 N–H and O–H groups in total. The van der Waals surface area contributed by atoms with Crippen LogP contribution in [0.3, 0.4) is 0 Å². The predicted octanol–water partition coefficient (Wildman–Crippen LogP) is 3.09. The molecule has 0 unspecified atom stereocenters. The van der Waals surface area contributed by atoms with Crippen LogP contribution >= 0.6 is 0 Å². The van der Waals surface area contributed by atoms with Gasteiger partial charge in [0.2, 0.25) is 0 Å². The first-order chi connectivity index (χ1) is 13.0. The molecule has 3 aromatic rings. The van der Waals surface area contributed by atoms with Crippen LogP contribution in [0.25, 0.3) is 22.2 Å². The fourth-order valence-corrected chi connectivity index (χ4v) is 2.93. The molecule has 3 rings (SSSR count). The molecule has 0 aliphatic rings. The van der Waals surface area contributed by atoms with Crippen molar-refractivity contribution < 1.29 is 23.1 Å². The summed E-state index contributed by atoms with van der Waals surface area (Å²) >= 11 is 0. The Balaban J connectivity index is 1.94. The van der Waals surface area contributed by atoms with Crippen molar-refractivity contribution in [3.63, 3.8) is 0 Å². The second-order valence-corrected chi connectivity index (χ2v) is 5.95. The second kappa shape index (κ2) is 8.13. The fraction of sp³-hybridized carbons (Fsp3) is 0.211. The van der Waals surface area contributed by atoms with E-state index in [-0.39, 0.29) is 25.2 Å². The maximum atomic E-state index is 14.2. The van der Waals surface area contributed by atoms with E-state index in [1.54, 1.807) is 12.1 Å². The Labute approximate surface area is 153 Å². The highest BCUT2D eigenvalue weighted by Crippen LogP contribution is 2.32. The third-order valence-corrected chi connectivity index (χ3v) is 4.12. The summed E-state index contributed by atoms with van der Waals surface area (Å²) in [6, 6.07) is 7.20. The van der Waals surface area contributed by atoms with Gasteiger partial charge in [-0.05, 0) is 47.9 Å². The molecule has 2 aromatic carbocycles. The molecule has 0 spiro atoms. The molecular formula is C19H18F3N3O2. The van der Waals surface area contributed by atoms with Gasteiger partial charge in [0.15, 0.2) is 0 Å². The Kier molecular flexibility index (Phi) is 5.66. The zero-order valence-electron chi connectivity index (χ0n) is 14.3. The van der Waals surface area contributed by atoms with Crippen molar-refractivity contribution >= 4 is 16.9 Å². The van der Waals surface area contributed by atoms with Crippen LogP contribution in [0.2, 0.25) is 0 Å². The van der Waals surface area contributed by atoms with Crippen molar-refractivity contribution in [1.29, 1.82) is 0 Å². The molecule has 0 atom stereocenters. The normalized spacial score (nSPS) is 11.0. The van der Waals surface area contributed by atoms with Gasteiger partial charge in [0, 0.05) is 30.2 Å². The van der Waals surface area contributed by atoms with Crippen molar-refractivity contribution in [1.82, 2.24) is 15.6 Å². The number of hydrogen-bond donors (Lipinski definition) is 4. The minimum Gasteiger partial charge on any atom is -0.395 e. The van der Waals surface area contributed by atoms with E-state index in [0.717, 1.165) is 6.07 Å². The van der Waals surface area contributed by atoms with Crippen LogP contribution in [0.5, 0.6) is 0 Å². The van der Waals surface area contributed by atoms with Gasteiger partial charge in [-0.15, -0.1) is 0 Å². The van der Waals surface area contributed by atoms with Crippen LogP contribution < -0.4 is 10.6 Å². The van der Waals surface area contributed by atoms with Gasteiger partial charge in [0.05, 0.1) is 12.1 Å². The summed E-state index contributed by atoms with van der Waals surface area (Å²) in [5.74, 6) is -1.84. The number of benzene rings is 2. The van der Waals surface area contributed by atoms with Gasteiger partial charge in [-0.2, -0.15) is 0 Å². The van der Waals surface area contributed by atoms with Gasteiger partial charge in [0.1, 0.15) is 17.5 Å². The van der Waals surface area contributed by atoms with Gasteiger partial charge >= 0.3 is 6.03 Å². The molecule has 0 saturated heterocycles. The molecule has 0 aliphatic carbocycles. The molecule has 8 heteroatoms. The zero-order valence-corrected chi connectivity index (χ0v) is 14.3. The lowest BCUT2D eigenvalue weighted by molar-refractivity contribution is 0.234. The molecule has 0 bridgehead atoms. The van der Waals surface area contributed by atoms with Gasteiger partial charge in [-0.25, -0.2) is 18.0 Å². The van der Waals surface area contributed by atoms with E-state index in [1.165, 1.54) is 18.2 Å². The fourth-order valence-electron chi connectivity index (χ4n) is 2.93. The van der Waals surface area contributed by atoms with E-state index in [0.29, 0.717) is 28.6 Å². The number of nitrogens with one attached hydrogen (secondary N) is 3. The van der Waals surface area contributed by atoms with Crippen LogP contribution in [0.1, 0.15) is 5.56 Å². The average molecular weight is 377 g/mol. The van der Waals surface area contributed by atoms with E-state index in [1.807, 2.05) is 0 Å². The highest BCUT2D eigenvalue weighted by atomic mass is 19.1.